The SMILES string of the molecule is CCSc1ccc(C(=O)N(CCN(CC)CC)c2nc3c(OC)cccc3s2)cc1. The van der Waals surface area contributed by atoms with E-state index in [9.17, 15) is 4.79 Å². The Morgan fingerprint density at radius 3 is 2.43 bits per heavy atom. The van der Waals surface area contributed by atoms with Gasteiger partial charge in [-0.2, -0.15) is 0 Å². The van der Waals surface area contributed by atoms with E-state index in [1.165, 1.54) is 16.2 Å². The Labute approximate surface area is 187 Å². The molecule has 0 fully saturated rings. The molecule has 0 atom stereocenters. The van der Waals surface area contributed by atoms with E-state index >= 15 is 0 Å². The van der Waals surface area contributed by atoms with Crippen LogP contribution in [-0.4, -0.2) is 54.8 Å². The number of benzene rings is 2. The molecule has 7 heteroatoms. The minimum Gasteiger partial charge on any atom is -0.494 e. The van der Waals surface area contributed by atoms with Crippen molar-refractivity contribution in [2.45, 2.75) is 25.7 Å². The maximum Gasteiger partial charge on any atom is 0.260 e. The first-order chi connectivity index (χ1) is 14.6. The minimum atomic E-state index is -0.0202. The molecule has 0 N–H and O–H groups in total. The van der Waals surface area contributed by atoms with Crippen LogP contribution in [0.5, 0.6) is 5.75 Å². The number of aromatic nitrogens is 1. The van der Waals surface area contributed by atoms with Crippen LogP contribution in [0.25, 0.3) is 10.2 Å². The summed E-state index contributed by atoms with van der Waals surface area (Å²) >= 11 is 3.30. The first-order valence-corrected chi connectivity index (χ1v) is 12.1. The monoisotopic (exact) mass is 443 g/mol. The highest BCUT2D eigenvalue weighted by molar-refractivity contribution is 7.99. The highest BCUT2D eigenvalue weighted by Gasteiger charge is 2.22. The molecule has 0 aliphatic rings. The largest absolute Gasteiger partial charge is 0.494 e. The smallest absolute Gasteiger partial charge is 0.260 e. The van der Waals surface area contributed by atoms with Gasteiger partial charge in [0.05, 0.1) is 11.8 Å². The molecule has 3 aromatic rings. The minimum absolute atomic E-state index is 0.0202. The number of thioether (sulfide) groups is 1. The third-order valence-electron chi connectivity index (χ3n) is 5.01. The summed E-state index contributed by atoms with van der Waals surface area (Å²) < 4.78 is 6.48. The molecule has 2 aromatic carbocycles. The topological polar surface area (TPSA) is 45.7 Å². The van der Waals surface area contributed by atoms with Gasteiger partial charge in [0.15, 0.2) is 5.13 Å². The average molecular weight is 444 g/mol. The number of methoxy groups -OCH3 is 1. The van der Waals surface area contributed by atoms with Crippen molar-refractivity contribution in [3.63, 3.8) is 0 Å². The van der Waals surface area contributed by atoms with E-state index in [4.69, 9.17) is 9.72 Å². The molecule has 1 heterocycles. The van der Waals surface area contributed by atoms with Crippen molar-refractivity contribution < 1.29 is 9.53 Å². The number of hydrogen-bond acceptors (Lipinski definition) is 6. The first kappa shape index (κ1) is 22.6. The second kappa shape index (κ2) is 10.8. The number of rotatable bonds is 10. The summed E-state index contributed by atoms with van der Waals surface area (Å²) in [6, 6.07) is 13.7. The fourth-order valence-electron chi connectivity index (χ4n) is 3.27. The van der Waals surface area contributed by atoms with Gasteiger partial charge in [-0.15, -0.1) is 11.8 Å². The number of amides is 1. The molecule has 0 unspecified atom stereocenters. The van der Waals surface area contributed by atoms with Gasteiger partial charge >= 0.3 is 0 Å². The van der Waals surface area contributed by atoms with Crippen molar-refractivity contribution in [2.24, 2.45) is 0 Å². The molecule has 30 heavy (non-hydrogen) atoms. The maximum atomic E-state index is 13.5. The number of anilines is 1. The first-order valence-electron chi connectivity index (χ1n) is 10.3. The summed E-state index contributed by atoms with van der Waals surface area (Å²) in [4.78, 5) is 23.6. The number of ether oxygens (including phenoxy) is 1. The van der Waals surface area contributed by atoms with Crippen LogP contribution in [0.15, 0.2) is 47.4 Å². The number of likely N-dealkylation sites (N-methyl/N-ethyl adjacent to an activating group) is 1. The van der Waals surface area contributed by atoms with Crippen molar-refractivity contribution in [3.8, 4) is 5.75 Å². The van der Waals surface area contributed by atoms with Gasteiger partial charge in [0, 0.05) is 23.5 Å². The number of hydrogen-bond donors (Lipinski definition) is 0. The molecule has 1 amide bonds. The van der Waals surface area contributed by atoms with Crippen molar-refractivity contribution in [1.82, 2.24) is 9.88 Å². The zero-order chi connectivity index (χ0) is 21.5. The van der Waals surface area contributed by atoms with Crippen molar-refractivity contribution >= 4 is 44.4 Å². The van der Waals surface area contributed by atoms with Gasteiger partial charge in [0.1, 0.15) is 11.3 Å². The van der Waals surface area contributed by atoms with E-state index in [0.717, 1.165) is 41.4 Å². The van der Waals surface area contributed by atoms with E-state index in [0.29, 0.717) is 17.2 Å². The lowest BCUT2D eigenvalue weighted by molar-refractivity contribution is 0.0983. The molecule has 0 aliphatic heterocycles. The highest BCUT2D eigenvalue weighted by atomic mass is 32.2. The van der Waals surface area contributed by atoms with E-state index in [2.05, 4.69) is 25.7 Å². The Kier molecular flexibility index (Phi) is 8.13. The molecular weight excluding hydrogens is 414 g/mol. The van der Waals surface area contributed by atoms with Crippen molar-refractivity contribution in [1.29, 1.82) is 0 Å². The van der Waals surface area contributed by atoms with Gasteiger partial charge in [-0.3, -0.25) is 9.69 Å². The number of carbonyl (C=O) groups is 1. The van der Waals surface area contributed by atoms with E-state index in [1.807, 2.05) is 47.4 Å². The van der Waals surface area contributed by atoms with E-state index < -0.39 is 0 Å². The number of thiazole rings is 1. The quantitative estimate of drug-likeness (QED) is 0.392. The van der Waals surface area contributed by atoms with E-state index in [-0.39, 0.29) is 5.91 Å². The Bertz CT molecular complexity index is 968. The number of carbonyl (C=O) groups excluding carboxylic acids is 1. The Morgan fingerprint density at radius 1 is 1.07 bits per heavy atom. The standard InChI is InChI=1S/C23H29N3O2S2/c1-5-25(6-2)15-16-26(22(27)17-11-13-18(14-12-17)29-7-3)23-24-21-19(28-4)9-8-10-20(21)30-23/h8-14H,5-7,15-16H2,1-4H3. The Hall–Kier alpha value is -2.09. The van der Waals surface area contributed by atoms with Gasteiger partial charge in [-0.05, 0) is 55.2 Å². The summed E-state index contributed by atoms with van der Waals surface area (Å²) in [6.45, 7) is 9.71. The molecule has 5 nitrogen and oxygen atoms in total. The lowest BCUT2D eigenvalue weighted by Gasteiger charge is -2.24. The third-order valence-corrected chi connectivity index (χ3v) is 6.95. The van der Waals surface area contributed by atoms with Crippen LogP contribution < -0.4 is 9.64 Å². The third kappa shape index (κ3) is 5.14. The number of fused-ring (bicyclic) bond motifs is 1. The maximum absolute atomic E-state index is 13.5. The molecule has 0 radical (unpaired) electrons. The zero-order valence-electron chi connectivity index (χ0n) is 18.1. The fraction of sp³-hybridized carbons (Fsp3) is 0.391. The predicted octanol–water partition coefficient (Wildman–Crippen LogP) is 5.41. The van der Waals surface area contributed by atoms with Crippen molar-refractivity contribution in [2.75, 3.05) is 43.9 Å². The molecule has 1 aromatic heterocycles. The lowest BCUT2D eigenvalue weighted by Crippen LogP contribution is -2.38. The van der Waals surface area contributed by atoms with Crippen LogP contribution in [0.4, 0.5) is 5.13 Å². The van der Waals surface area contributed by atoms with Gasteiger partial charge in [-0.25, -0.2) is 4.98 Å². The van der Waals surface area contributed by atoms with Crippen LogP contribution >= 0.6 is 23.1 Å². The van der Waals surface area contributed by atoms with Gasteiger partial charge in [-0.1, -0.05) is 38.2 Å². The molecule has 0 saturated carbocycles. The number of nitrogens with zero attached hydrogens (tertiary/aromatic N) is 3. The normalized spacial score (nSPS) is 11.2. The molecule has 3 rings (SSSR count). The summed E-state index contributed by atoms with van der Waals surface area (Å²) in [5.41, 5.74) is 1.48. The van der Waals surface area contributed by atoms with Crippen LogP contribution in [-0.2, 0) is 0 Å². The second-order valence-corrected chi connectivity index (χ2v) is 9.09. The second-order valence-electron chi connectivity index (χ2n) is 6.74. The summed E-state index contributed by atoms with van der Waals surface area (Å²) in [5.74, 6) is 1.72. The molecule has 0 saturated heterocycles. The molecule has 160 valence electrons. The lowest BCUT2D eigenvalue weighted by atomic mass is 10.2. The zero-order valence-corrected chi connectivity index (χ0v) is 19.7. The Morgan fingerprint density at radius 2 is 1.80 bits per heavy atom. The summed E-state index contributed by atoms with van der Waals surface area (Å²) in [6.07, 6.45) is 0. The van der Waals surface area contributed by atoms with E-state index in [1.54, 1.807) is 18.9 Å². The summed E-state index contributed by atoms with van der Waals surface area (Å²) in [7, 11) is 1.65. The predicted molar refractivity (Wildman–Crippen MR) is 128 cm³/mol. The van der Waals surface area contributed by atoms with Gasteiger partial charge in [0.25, 0.3) is 5.91 Å². The summed E-state index contributed by atoms with van der Waals surface area (Å²) in [5, 5.41) is 0.707. The van der Waals surface area contributed by atoms with Gasteiger partial charge in [0.2, 0.25) is 0 Å². The molecule has 0 aliphatic carbocycles. The molecular formula is C23H29N3O2S2. The fourth-order valence-corrected chi connectivity index (χ4v) is 4.94. The molecule has 0 bridgehead atoms. The van der Waals surface area contributed by atoms with Crippen LogP contribution in [0.2, 0.25) is 0 Å². The Balaban J connectivity index is 1.94. The molecule has 0 spiro atoms. The van der Waals surface area contributed by atoms with Crippen LogP contribution in [0, 0.1) is 0 Å². The van der Waals surface area contributed by atoms with Crippen molar-refractivity contribution in [3.05, 3.63) is 48.0 Å². The highest BCUT2D eigenvalue weighted by Crippen LogP contribution is 2.34. The average Bonchev–Trinajstić information content (AvgIpc) is 3.21. The number of para-hydroxylation sites is 1. The van der Waals surface area contributed by atoms with Crippen LogP contribution in [0.1, 0.15) is 31.1 Å². The van der Waals surface area contributed by atoms with Gasteiger partial charge < -0.3 is 9.64 Å². The van der Waals surface area contributed by atoms with Crippen LogP contribution in [0.3, 0.4) is 0 Å².